The van der Waals surface area contributed by atoms with Crippen molar-refractivity contribution < 1.29 is 18.8 Å². The third-order valence-corrected chi connectivity index (χ3v) is 3.65. The van der Waals surface area contributed by atoms with Gasteiger partial charge in [0.2, 0.25) is 0 Å². The number of anilines is 1. The van der Waals surface area contributed by atoms with Gasteiger partial charge in [-0.1, -0.05) is 18.2 Å². The maximum Gasteiger partial charge on any atom is 0.271 e. The lowest BCUT2D eigenvalue weighted by molar-refractivity contribution is -0.384. The number of carbonyl (C=O) groups excluding carboxylic acids is 1. The van der Waals surface area contributed by atoms with E-state index >= 15 is 0 Å². The van der Waals surface area contributed by atoms with Crippen molar-refractivity contribution in [3.63, 3.8) is 0 Å². The molecule has 0 saturated carbocycles. The molecule has 2 aromatic rings. The lowest BCUT2D eigenvalue weighted by atomic mass is 10.1. The van der Waals surface area contributed by atoms with E-state index < -0.39 is 16.8 Å². The van der Waals surface area contributed by atoms with Crippen molar-refractivity contribution in [3.8, 4) is 5.75 Å². The fourth-order valence-electron chi connectivity index (χ4n) is 2.47. The molecule has 2 aromatic carbocycles. The summed E-state index contributed by atoms with van der Waals surface area (Å²) in [6.45, 7) is 1.56. The number of hydrogen-bond donors (Lipinski definition) is 0. The minimum absolute atomic E-state index is 0.0205. The second-order valence-corrected chi connectivity index (χ2v) is 5.19. The number of fused-ring (bicyclic) bond motifs is 1. The van der Waals surface area contributed by atoms with E-state index in [4.69, 9.17) is 4.74 Å². The lowest BCUT2D eigenvalue weighted by Crippen LogP contribution is -2.44. The summed E-state index contributed by atoms with van der Waals surface area (Å²) in [5.41, 5.74) is 0.436. The molecule has 1 atom stereocenters. The van der Waals surface area contributed by atoms with E-state index in [1.165, 1.54) is 29.2 Å². The quantitative estimate of drug-likeness (QED) is 0.644. The molecule has 118 valence electrons. The van der Waals surface area contributed by atoms with Gasteiger partial charge in [-0.15, -0.1) is 0 Å². The third-order valence-electron chi connectivity index (χ3n) is 3.65. The van der Waals surface area contributed by atoms with E-state index in [0.29, 0.717) is 11.3 Å². The minimum atomic E-state index is -0.740. The summed E-state index contributed by atoms with van der Waals surface area (Å²) in [5.74, 6) is -0.452. The average molecular weight is 316 g/mol. The summed E-state index contributed by atoms with van der Waals surface area (Å²) in [7, 11) is 0. The van der Waals surface area contributed by atoms with Crippen LogP contribution < -0.4 is 9.64 Å². The van der Waals surface area contributed by atoms with Crippen molar-refractivity contribution in [2.75, 3.05) is 4.90 Å². The molecule has 0 saturated heterocycles. The summed E-state index contributed by atoms with van der Waals surface area (Å²) < 4.78 is 19.3. The van der Waals surface area contributed by atoms with Crippen LogP contribution in [0.1, 0.15) is 12.5 Å². The fourth-order valence-corrected chi connectivity index (χ4v) is 2.47. The van der Waals surface area contributed by atoms with Gasteiger partial charge in [0.15, 0.2) is 6.10 Å². The first-order chi connectivity index (χ1) is 11.0. The Bertz CT molecular complexity index is 793. The molecule has 1 aliphatic rings. The summed E-state index contributed by atoms with van der Waals surface area (Å²) >= 11 is 0. The van der Waals surface area contributed by atoms with Crippen LogP contribution in [0.5, 0.6) is 5.75 Å². The first-order valence-corrected chi connectivity index (χ1v) is 6.97. The van der Waals surface area contributed by atoms with E-state index in [1.54, 1.807) is 25.1 Å². The number of nitrogens with zero attached hydrogens (tertiary/aromatic N) is 2. The van der Waals surface area contributed by atoms with Crippen LogP contribution in [-0.2, 0) is 11.3 Å². The van der Waals surface area contributed by atoms with E-state index in [0.717, 1.165) is 0 Å². The van der Waals surface area contributed by atoms with E-state index in [9.17, 15) is 19.3 Å². The second-order valence-electron chi connectivity index (χ2n) is 5.19. The zero-order valence-electron chi connectivity index (χ0n) is 12.2. The minimum Gasteiger partial charge on any atom is -0.479 e. The number of rotatable bonds is 3. The number of hydrogen-bond acceptors (Lipinski definition) is 4. The van der Waals surface area contributed by atoms with E-state index in [1.807, 2.05) is 0 Å². The molecule has 1 unspecified atom stereocenters. The Kier molecular flexibility index (Phi) is 3.69. The molecule has 7 heteroatoms. The molecule has 1 amide bonds. The van der Waals surface area contributed by atoms with Gasteiger partial charge in [0.05, 0.1) is 17.2 Å². The van der Waals surface area contributed by atoms with E-state index in [2.05, 4.69) is 0 Å². The molecule has 0 aliphatic carbocycles. The number of halogens is 1. The highest BCUT2D eigenvalue weighted by Gasteiger charge is 2.33. The maximum absolute atomic E-state index is 13.9. The standard InChI is InChI=1S/C16H13FN2O4/c1-10-16(20)18(9-11-4-2-3-5-13(11)17)14-8-12(19(21)22)6-7-15(14)23-10/h2-8,10H,9H2,1H3. The molecule has 0 spiro atoms. The van der Waals surface area contributed by atoms with Crippen LogP contribution in [0.3, 0.4) is 0 Å². The van der Waals surface area contributed by atoms with Crippen molar-refractivity contribution in [1.82, 2.24) is 0 Å². The molecule has 3 rings (SSSR count). The van der Waals surface area contributed by atoms with Crippen molar-refractivity contribution in [3.05, 3.63) is 64.0 Å². The molecule has 0 N–H and O–H groups in total. The molecule has 1 aliphatic heterocycles. The van der Waals surface area contributed by atoms with Crippen LogP contribution in [0.4, 0.5) is 15.8 Å². The Morgan fingerprint density at radius 2 is 2.04 bits per heavy atom. The molecule has 23 heavy (non-hydrogen) atoms. The summed E-state index contributed by atoms with van der Waals surface area (Å²) in [6, 6.07) is 10.1. The van der Waals surface area contributed by atoms with Gasteiger partial charge in [0.25, 0.3) is 11.6 Å². The van der Waals surface area contributed by atoms with Crippen LogP contribution in [0, 0.1) is 15.9 Å². The Hall–Kier alpha value is -2.96. The highest BCUT2D eigenvalue weighted by Crippen LogP contribution is 2.37. The molecule has 0 radical (unpaired) electrons. The van der Waals surface area contributed by atoms with Crippen LogP contribution >= 0.6 is 0 Å². The zero-order valence-corrected chi connectivity index (χ0v) is 12.2. The molecule has 0 aromatic heterocycles. The van der Waals surface area contributed by atoms with E-state index in [-0.39, 0.29) is 23.8 Å². The normalized spacial score (nSPS) is 16.7. The van der Waals surface area contributed by atoms with Gasteiger partial charge in [0, 0.05) is 17.7 Å². The predicted molar refractivity (Wildman–Crippen MR) is 80.8 cm³/mol. The molecule has 0 fully saturated rings. The first-order valence-electron chi connectivity index (χ1n) is 6.97. The highest BCUT2D eigenvalue weighted by molar-refractivity contribution is 6.00. The zero-order chi connectivity index (χ0) is 16.6. The van der Waals surface area contributed by atoms with Crippen LogP contribution in [0.2, 0.25) is 0 Å². The summed E-state index contributed by atoms with van der Waals surface area (Å²) in [4.78, 5) is 24.1. The van der Waals surface area contributed by atoms with Crippen molar-refractivity contribution in [1.29, 1.82) is 0 Å². The number of amides is 1. The average Bonchev–Trinajstić information content (AvgIpc) is 2.53. The van der Waals surface area contributed by atoms with Gasteiger partial charge in [-0.05, 0) is 19.1 Å². The van der Waals surface area contributed by atoms with Gasteiger partial charge >= 0.3 is 0 Å². The fraction of sp³-hybridized carbons (Fsp3) is 0.188. The predicted octanol–water partition coefficient (Wildman–Crippen LogP) is 3.05. The monoisotopic (exact) mass is 316 g/mol. The third kappa shape index (κ3) is 2.73. The lowest BCUT2D eigenvalue weighted by Gasteiger charge is -2.32. The molecular formula is C16H13FN2O4. The Morgan fingerprint density at radius 1 is 1.30 bits per heavy atom. The smallest absolute Gasteiger partial charge is 0.271 e. The Labute approximate surface area is 131 Å². The summed E-state index contributed by atoms with van der Waals surface area (Å²) in [5, 5.41) is 11.0. The number of non-ortho nitro benzene ring substituents is 1. The molecular weight excluding hydrogens is 303 g/mol. The first kappa shape index (κ1) is 15.0. The topological polar surface area (TPSA) is 72.7 Å². The maximum atomic E-state index is 13.9. The van der Waals surface area contributed by atoms with Crippen molar-refractivity contribution >= 4 is 17.3 Å². The number of carbonyl (C=O) groups is 1. The highest BCUT2D eigenvalue weighted by atomic mass is 19.1. The molecule has 1 heterocycles. The summed E-state index contributed by atoms with van der Waals surface area (Å²) in [6.07, 6.45) is -0.740. The van der Waals surface area contributed by atoms with Crippen LogP contribution in [0.15, 0.2) is 42.5 Å². The van der Waals surface area contributed by atoms with Gasteiger partial charge < -0.3 is 9.64 Å². The number of nitro benzene ring substituents is 1. The SMILES string of the molecule is CC1Oc2ccc([N+](=O)[O-])cc2N(Cc2ccccc2F)C1=O. The van der Waals surface area contributed by atoms with Gasteiger partial charge in [-0.2, -0.15) is 0 Å². The number of benzene rings is 2. The van der Waals surface area contributed by atoms with Gasteiger partial charge in [0.1, 0.15) is 11.6 Å². The van der Waals surface area contributed by atoms with Crippen LogP contribution in [0.25, 0.3) is 0 Å². The molecule has 6 nitrogen and oxygen atoms in total. The van der Waals surface area contributed by atoms with Crippen molar-refractivity contribution in [2.45, 2.75) is 19.6 Å². The Balaban J connectivity index is 2.05. The van der Waals surface area contributed by atoms with Crippen LogP contribution in [-0.4, -0.2) is 16.9 Å². The number of ether oxygens (including phenoxy) is 1. The van der Waals surface area contributed by atoms with Crippen molar-refractivity contribution in [2.24, 2.45) is 0 Å². The number of nitro groups is 1. The van der Waals surface area contributed by atoms with Gasteiger partial charge in [-0.25, -0.2) is 4.39 Å². The largest absolute Gasteiger partial charge is 0.479 e. The van der Waals surface area contributed by atoms with Gasteiger partial charge in [-0.3, -0.25) is 14.9 Å². The second kappa shape index (κ2) is 5.68. The molecule has 0 bridgehead atoms. The Morgan fingerprint density at radius 3 is 2.74 bits per heavy atom.